The Morgan fingerprint density at radius 3 is 3.21 bits per heavy atom. The summed E-state index contributed by atoms with van der Waals surface area (Å²) in [7, 11) is 0. The molecule has 0 saturated heterocycles. The first kappa shape index (κ1) is 9.15. The van der Waals surface area contributed by atoms with Crippen LogP contribution in [0.3, 0.4) is 0 Å². The van der Waals surface area contributed by atoms with E-state index in [-0.39, 0.29) is 0 Å². The molecule has 0 atom stereocenters. The molecule has 0 radical (unpaired) electrons. The van der Waals surface area contributed by atoms with Crippen molar-refractivity contribution in [2.24, 2.45) is 0 Å². The van der Waals surface area contributed by atoms with E-state index in [1.54, 1.807) is 17.7 Å². The van der Waals surface area contributed by atoms with Crippen molar-refractivity contribution in [3.63, 3.8) is 0 Å². The fraction of sp³-hybridized carbons (Fsp3) is 0.200. The molecule has 0 aliphatic carbocycles. The van der Waals surface area contributed by atoms with Gasteiger partial charge in [-0.1, -0.05) is 6.08 Å². The SMILES string of the molecule is C=CCNc1ncnc2scc(C)c12. The van der Waals surface area contributed by atoms with Crippen molar-refractivity contribution >= 4 is 27.4 Å². The van der Waals surface area contributed by atoms with E-state index in [9.17, 15) is 0 Å². The Morgan fingerprint density at radius 2 is 2.43 bits per heavy atom. The number of rotatable bonds is 3. The van der Waals surface area contributed by atoms with Crippen LogP contribution >= 0.6 is 11.3 Å². The summed E-state index contributed by atoms with van der Waals surface area (Å²) in [5.74, 6) is 0.897. The lowest BCUT2D eigenvalue weighted by molar-refractivity contribution is 1.19. The standard InChI is InChI=1S/C10H11N3S/c1-3-4-11-9-8-7(2)5-14-10(8)13-6-12-9/h3,5-6H,1,4H2,2H3,(H,11,12,13). The zero-order chi connectivity index (χ0) is 9.97. The van der Waals surface area contributed by atoms with Gasteiger partial charge in [-0.2, -0.15) is 0 Å². The van der Waals surface area contributed by atoms with Gasteiger partial charge in [-0.05, 0) is 17.9 Å². The second-order valence-corrected chi connectivity index (χ2v) is 3.85. The Morgan fingerprint density at radius 1 is 1.57 bits per heavy atom. The number of hydrogen-bond acceptors (Lipinski definition) is 4. The van der Waals surface area contributed by atoms with Crippen LogP contribution in [0.1, 0.15) is 5.56 Å². The minimum Gasteiger partial charge on any atom is -0.366 e. The second-order valence-electron chi connectivity index (χ2n) is 2.99. The highest BCUT2D eigenvalue weighted by atomic mass is 32.1. The Bertz CT molecular complexity index is 461. The minimum atomic E-state index is 0.724. The molecule has 2 heterocycles. The van der Waals surface area contributed by atoms with Crippen LogP contribution in [0.2, 0.25) is 0 Å². The molecule has 0 aliphatic heterocycles. The van der Waals surface area contributed by atoms with Gasteiger partial charge in [0.25, 0.3) is 0 Å². The number of hydrogen-bond donors (Lipinski definition) is 1. The second kappa shape index (κ2) is 3.75. The quantitative estimate of drug-likeness (QED) is 0.783. The molecule has 0 aromatic carbocycles. The third-order valence-corrected chi connectivity index (χ3v) is 2.97. The van der Waals surface area contributed by atoms with E-state index >= 15 is 0 Å². The summed E-state index contributed by atoms with van der Waals surface area (Å²) in [5, 5.41) is 6.42. The van der Waals surface area contributed by atoms with Crippen molar-refractivity contribution in [3.05, 3.63) is 29.9 Å². The van der Waals surface area contributed by atoms with Crippen molar-refractivity contribution in [2.75, 3.05) is 11.9 Å². The molecule has 0 aliphatic rings. The van der Waals surface area contributed by atoms with E-state index in [0.29, 0.717) is 0 Å². The Kier molecular flexibility index (Phi) is 2.45. The van der Waals surface area contributed by atoms with Crippen molar-refractivity contribution in [1.82, 2.24) is 9.97 Å². The van der Waals surface area contributed by atoms with Gasteiger partial charge in [0.1, 0.15) is 17.0 Å². The van der Waals surface area contributed by atoms with Gasteiger partial charge in [0.05, 0.1) is 5.39 Å². The zero-order valence-corrected chi connectivity index (χ0v) is 8.77. The predicted octanol–water partition coefficient (Wildman–Crippen LogP) is 2.60. The number of fused-ring (bicyclic) bond motifs is 1. The summed E-state index contributed by atoms with van der Waals surface area (Å²) in [6.07, 6.45) is 3.40. The number of nitrogens with zero attached hydrogens (tertiary/aromatic N) is 2. The van der Waals surface area contributed by atoms with E-state index in [1.807, 2.05) is 6.08 Å². The van der Waals surface area contributed by atoms with E-state index in [0.717, 1.165) is 22.6 Å². The van der Waals surface area contributed by atoms with Crippen molar-refractivity contribution < 1.29 is 0 Å². The maximum atomic E-state index is 4.21. The first-order chi connectivity index (χ1) is 6.83. The minimum absolute atomic E-state index is 0.724. The fourth-order valence-corrected chi connectivity index (χ4v) is 2.21. The third-order valence-electron chi connectivity index (χ3n) is 1.97. The van der Waals surface area contributed by atoms with Gasteiger partial charge in [0.2, 0.25) is 0 Å². The van der Waals surface area contributed by atoms with Gasteiger partial charge in [-0.15, -0.1) is 17.9 Å². The molecule has 0 spiro atoms. The van der Waals surface area contributed by atoms with Crippen LogP contribution in [0.25, 0.3) is 10.2 Å². The molecule has 1 N–H and O–H groups in total. The first-order valence-electron chi connectivity index (χ1n) is 4.36. The van der Waals surface area contributed by atoms with Crippen LogP contribution in [0.5, 0.6) is 0 Å². The summed E-state index contributed by atoms with van der Waals surface area (Å²) < 4.78 is 0. The molecule has 3 nitrogen and oxygen atoms in total. The fourth-order valence-electron chi connectivity index (χ4n) is 1.32. The van der Waals surface area contributed by atoms with Gasteiger partial charge in [0.15, 0.2) is 0 Å². The van der Waals surface area contributed by atoms with Gasteiger partial charge < -0.3 is 5.32 Å². The molecule has 2 aromatic rings. The van der Waals surface area contributed by atoms with E-state index in [1.165, 1.54) is 5.56 Å². The molecular weight excluding hydrogens is 194 g/mol. The number of anilines is 1. The van der Waals surface area contributed by atoms with Crippen LogP contribution in [-0.4, -0.2) is 16.5 Å². The molecule has 0 saturated carbocycles. The molecule has 14 heavy (non-hydrogen) atoms. The molecule has 0 unspecified atom stereocenters. The first-order valence-corrected chi connectivity index (χ1v) is 5.24. The Hall–Kier alpha value is -1.42. The lowest BCUT2D eigenvalue weighted by Crippen LogP contribution is -2.01. The predicted molar refractivity (Wildman–Crippen MR) is 60.8 cm³/mol. The molecule has 0 amide bonds. The monoisotopic (exact) mass is 205 g/mol. The summed E-state index contributed by atoms with van der Waals surface area (Å²) in [5.41, 5.74) is 1.22. The molecule has 2 rings (SSSR count). The summed E-state index contributed by atoms with van der Waals surface area (Å²) >= 11 is 1.64. The molecule has 0 fully saturated rings. The van der Waals surface area contributed by atoms with Crippen LogP contribution in [0.4, 0.5) is 5.82 Å². The smallest absolute Gasteiger partial charge is 0.138 e. The highest BCUT2D eigenvalue weighted by Gasteiger charge is 2.06. The lowest BCUT2D eigenvalue weighted by Gasteiger charge is -2.03. The maximum Gasteiger partial charge on any atom is 0.138 e. The third kappa shape index (κ3) is 1.48. The molecular formula is C10H11N3S. The van der Waals surface area contributed by atoms with Crippen LogP contribution in [0, 0.1) is 6.92 Å². The van der Waals surface area contributed by atoms with Crippen molar-refractivity contribution in [2.45, 2.75) is 6.92 Å². The molecule has 2 aromatic heterocycles. The molecule has 4 heteroatoms. The van der Waals surface area contributed by atoms with Crippen molar-refractivity contribution in [3.8, 4) is 0 Å². The number of aromatic nitrogens is 2. The van der Waals surface area contributed by atoms with Gasteiger partial charge in [-0.25, -0.2) is 9.97 Å². The van der Waals surface area contributed by atoms with Gasteiger partial charge in [0, 0.05) is 6.54 Å². The number of nitrogens with one attached hydrogen (secondary N) is 1. The Balaban J connectivity index is 2.51. The van der Waals surface area contributed by atoms with Crippen molar-refractivity contribution in [1.29, 1.82) is 0 Å². The van der Waals surface area contributed by atoms with E-state index < -0.39 is 0 Å². The largest absolute Gasteiger partial charge is 0.366 e. The number of thiophene rings is 1. The van der Waals surface area contributed by atoms with Crippen LogP contribution < -0.4 is 5.32 Å². The van der Waals surface area contributed by atoms with Crippen LogP contribution in [0.15, 0.2) is 24.4 Å². The van der Waals surface area contributed by atoms with Crippen LogP contribution in [-0.2, 0) is 0 Å². The summed E-state index contributed by atoms with van der Waals surface area (Å²) in [6.45, 7) is 6.46. The number of aryl methyl sites for hydroxylation is 1. The zero-order valence-electron chi connectivity index (χ0n) is 7.95. The average Bonchev–Trinajstić information content (AvgIpc) is 2.58. The summed E-state index contributed by atoms with van der Waals surface area (Å²) in [4.78, 5) is 9.46. The topological polar surface area (TPSA) is 37.8 Å². The maximum absolute atomic E-state index is 4.21. The van der Waals surface area contributed by atoms with E-state index in [4.69, 9.17) is 0 Å². The highest BCUT2D eigenvalue weighted by Crippen LogP contribution is 2.27. The molecule has 72 valence electrons. The van der Waals surface area contributed by atoms with Gasteiger partial charge >= 0.3 is 0 Å². The van der Waals surface area contributed by atoms with E-state index in [2.05, 4.69) is 34.2 Å². The summed E-state index contributed by atoms with van der Waals surface area (Å²) in [6, 6.07) is 0. The lowest BCUT2D eigenvalue weighted by atomic mass is 10.2. The highest BCUT2D eigenvalue weighted by molar-refractivity contribution is 7.17. The molecule has 0 bridgehead atoms. The Labute approximate surface area is 86.5 Å². The average molecular weight is 205 g/mol. The van der Waals surface area contributed by atoms with Gasteiger partial charge in [-0.3, -0.25) is 0 Å². The normalized spacial score (nSPS) is 10.4.